The SMILES string of the molecule is CCCSC(Nc1ccccc1)=C(C#N)n1ccnc1. The number of nitriles is 1. The highest BCUT2D eigenvalue weighted by atomic mass is 32.2. The molecule has 4 nitrogen and oxygen atoms in total. The zero-order valence-corrected chi connectivity index (χ0v) is 12.1. The summed E-state index contributed by atoms with van der Waals surface area (Å²) in [5.41, 5.74) is 1.53. The highest BCUT2D eigenvalue weighted by Crippen LogP contribution is 2.25. The molecule has 1 aromatic carbocycles. The summed E-state index contributed by atoms with van der Waals surface area (Å²) < 4.78 is 1.73. The van der Waals surface area contributed by atoms with Crippen LogP contribution in [0.15, 0.2) is 54.1 Å². The second-order valence-corrected chi connectivity index (χ2v) is 5.20. The van der Waals surface area contributed by atoms with Crippen LogP contribution in [0.5, 0.6) is 0 Å². The van der Waals surface area contributed by atoms with Crippen LogP contribution in [0.4, 0.5) is 5.69 Å². The minimum Gasteiger partial charge on any atom is -0.348 e. The molecular formula is C15H16N4S. The molecule has 0 aliphatic carbocycles. The van der Waals surface area contributed by atoms with E-state index in [1.165, 1.54) is 0 Å². The fourth-order valence-electron chi connectivity index (χ4n) is 1.64. The number of aromatic nitrogens is 2. The van der Waals surface area contributed by atoms with Crippen molar-refractivity contribution in [2.45, 2.75) is 13.3 Å². The first kappa shape index (κ1) is 14.2. The van der Waals surface area contributed by atoms with E-state index in [0.29, 0.717) is 5.70 Å². The van der Waals surface area contributed by atoms with Gasteiger partial charge in [-0.3, -0.25) is 4.57 Å². The minimum atomic E-state index is 0.560. The lowest BCUT2D eigenvalue weighted by Gasteiger charge is -2.13. The van der Waals surface area contributed by atoms with Gasteiger partial charge in [0, 0.05) is 18.1 Å². The summed E-state index contributed by atoms with van der Waals surface area (Å²) in [4.78, 5) is 4.00. The Bertz CT molecular complexity index is 597. The second-order valence-electron chi connectivity index (χ2n) is 4.10. The average molecular weight is 284 g/mol. The maximum absolute atomic E-state index is 9.44. The lowest BCUT2D eigenvalue weighted by molar-refractivity contribution is 1.09. The van der Waals surface area contributed by atoms with Crippen molar-refractivity contribution in [3.8, 4) is 6.07 Å². The van der Waals surface area contributed by atoms with Gasteiger partial charge < -0.3 is 5.32 Å². The van der Waals surface area contributed by atoms with E-state index >= 15 is 0 Å². The van der Waals surface area contributed by atoms with Crippen molar-refractivity contribution in [2.24, 2.45) is 0 Å². The van der Waals surface area contributed by atoms with Gasteiger partial charge in [-0.2, -0.15) is 5.26 Å². The van der Waals surface area contributed by atoms with E-state index in [2.05, 4.69) is 23.3 Å². The molecule has 2 rings (SSSR count). The van der Waals surface area contributed by atoms with Crippen LogP contribution in [0.2, 0.25) is 0 Å². The van der Waals surface area contributed by atoms with Gasteiger partial charge in [0.2, 0.25) is 0 Å². The molecule has 0 bridgehead atoms. The molecule has 0 saturated heterocycles. The average Bonchev–Trinajstić information content (AvgIpc) is 3.00. The van der Waals surface area contributed by atoms with Crippen molar-refractivity contribution in [3.05, 3.63) is 54.1 Å². The Kier molecular flexibility index (Phi) is 5.27. The lowest BCUT2D eigenvalue weighted by atomic mass is 10.3. The number of rotatable bonds is 6. The Morgan fingerprint density at radius 2 is 2.20 bits per heavy atom. The van der Waals surface area contributed by atoms with Gasteiger partial charge in [0.1, 0.15) is 11.1 Å². The van der Waals surface area contributed by atoms with Crippen LogP contribution in [-0.2, 0) is 0 Å². The maximum atomic E-state index is 9.44. The molecule has 5 heteroatoms. The number of para-hydroxylation sites is 1. The van der Waals surface area contributed by atoms with Crippen LogP contribution in [0.3, 0.4) is 0 Å². The van der Waals surface area contributed by atoms with Gasteiger partial charge in [-0.1, -0.05) is 25.1 Å². The summed E-state index contributed by atoms with van der Waals surface area (Å²) in [6.07, 6.45) is 6.13. The largest absolute Gasteiger partial charge is 0.348 e. The smallest absolute Gasteiger partial charge is 0.156 e. The Balaban J connectivity index is 2.33. The summed E-state index contributed by atoms with van der Waals surface area (Å²) >= 11 is 1.64. The third-order valence-corrected chi connectivity index (χ3v) is 3.76. The molecule has 0 aliphatic rings. The number of nitrogens with one attached hydrogen (secondary N) is 1. The van der Waals surface area contributed by atoms with Crippen molar-refractivity contribution in [3.63, 3.8) is 0 Å². The molecule has 0 aliphatic heterocycles. The fourth-order valence-corrected chi connectivity index (χ4v) is 2.52. The zero-order chi connectivity index (χ0) is 14.2. The van der Waals surface area contributed by atoms with Gasteiger partial charge in [-0.25, -0.2) is 4.98 Å². The summed E-state index contributed by atoms with van der Waals surface area (Å²) in [5.74, 6) is 0.953. The highest BCUT2D eigenvalue weighted by molar-refractivity contribution is 8.03. The predicted molar refractivity (Wildman–Crippen MR) is 83.9 cm³/mol. The Labute approximate surface area is 123 Å². The number of nitrogens with zero attached hydrogens (tertiary/aromatic N) is 3. The van der Waals surface area contributed by atoms with Gasteiger partial charge in [0.25, 0.3) is 0 Å². The first-order chi connectivity index (χ1) is 9.85. The molecule has 0 atom stereocenters. The first-order valence-electron chi connectivity index (χ1n) is 6.42. The molecule has 102 valence electrons. The summed E-state index contributed by atoms with van der Waals surface area (Å²) in [5, 5.41) is 13.6. The number of allylic oxidation sites excluding steroid dienone is 1. The van der Waals surface area contributed by atoms with Crippen molar-refractivity contribution in [1.82, 2.24) is 9.55 Å². The molecule has 0 saturated carbocycles. The molecule has 1 N–H and O–H groups in total. The molecular weight excluding hydrogens is 268 g/mol. The van der Waals surface area contributed by atoms with E-state index < -0.39 is 0 Å². The third-order valence-electron chi connectivity index (χ3n) is 2.57. The predicted octanol–water partition coefficient (Wildman–Crippen LogP) is 3.79. The minimum absolute atomic E-state index is 0.560. The lowest BCUT2D eigenvalue weighted by Crippen LogP contribution is -2.04. The molecule has 20 heavy (non-hydrogen) atoms. The first-order valence-corrected chi connectivity index (χ1v) is 7.41. The number of anilines is 1. The topological polar surface area (TPSA) is 53.6 Å². The van der Waals surface area contributed by atoms with Crippen molar-refractivity contribution in [1.29, 1.82) is 5.26 Å². The van der Waals surface area contributed by atoms with Crippen LogP contribution in [0.1, 0.15) is 13.3 Å². The van der Waals surface area contributed by atoms with Crippen molar-refractivity contribution < 1.29 is 0 Å². The van der Waals surface area contributed by atoms with Crippen LogP contribution in [-0.4, -0.2) is 15.3 Å². The van der Waals surface area contributed by atoms with E-state index in [0.717, 1.165) is 22.9 Å². The standard InChI is InChI=1S/C15H16N4S/c1-2-10-20-15(18-13-6-4-3-5-7-13)14(11-16)19-9-8-17-12-19/h3-9,12,18H,2,10H2,1H3. The molecule has 0 radical (unpaired) electrons. The van der Waals surface area contributed by atoms with Gasteiger partial charge in [-0.05, 0) is 24.3 Å². The quantitative estimate of drug-likeness (QED) is 0.820. The van der Waals surface area contributed by atoms with Crippen molar-refractivity contribution in [2.75, 3.05) is 11.1 Å². The van der Waals surface area contributed by atoms with Gasteiger partial charge in [0.05, 0.1) is 6.33 Å². The van der Waals surface area contributed by atoms with E-state index in [4.69, 9.17) is 0 Å². The van der Waals surface area contributed by atoms with E-state index in [-0.39, 0.29) is 0 Å². The van der Waals surface area contributed by atoms with Gasteiger partial charge >= 0.3 is 0 Å². The normalized spacial score (nSPS) is 11.6. The number of benzene rings is 1. The van der Waals surface area contributed by atoms with Crippen LogP contribution in [0.25, 0.3) is 5.70 Å². The Morgan fingerprint density at radius 3 is 2.80 bits per heavy atom. The molecule has 1 aromatic heterocycles. The summed E-state index contributed by atoms with van der Waals surface area (Å²) in [6, 6.07) is 12.1. The number of hydrogen-bond acceptors (Lipinski definition) is 4. The highest BCUT2D eigenvalue weighted by Gasteiger charge is 2.09. The zero-order valence-electron chi connectivity index (χ0n) is 11.3. The van der Waals surface area contributed by atoms with E-state index in [9.17, 15) is 5.26 Å². The molecule has 0 fully saturated rings. The molecule has 0 unspecified atom stereocenters. The fraction of sp³-hybridized carbons (Fsp3) is 0.200. The monoisotopic (exact) mass is 284 g/mol. The number of imidazole rings is 1. The molecule has 2 aromatic rings. The van der Waals surface area contributed by atoms with Crippen LogP contribution in [0, 0.1) is 11.3 Å². The maximum Gasteiger partial charge on any atom is 0.156 e. The Morgan fingerprint density at radius 1 is 1.40 bits per heavy atom. The molecule has 1 heterocycles. The number of hydrogen-bond donors (Lipinski definition) is 1. The van der Waals surface area contributed by atoms with E-state index in [1.54, 1.807) is 35.0 Å². The van der Waals surface area contributed by atoms with Gasteiger partial charge in [-0.15, -0.1) is 11.8 Å². The summed E-state index contributed by atoms with van der Waals surface area (Å²) in [6.45, 7) is 2.12. The second kappa shape index (κ2) is 7.41. The molecule has 0 spiro atoms. The van der Waals surface area contributed by atoms with Crippen LogP contribution >= 0.6 is 11.8 Å². The Hall–Kier alpha value is -2.19. The summed E-state index contributed by atoms with van der Waals surface area (Å²) in [7, 11) is 0. The van der Waals surface area contributed by atoms with Crippen molar-refractivity contribution >= 4 is 23.1 Å². The van der Waals surface area contributed by atoms with E-state index in [1.807, 2.05) is 30.3 Å². The molecule has 0 amide bonds. The number of thioether (sulfide) groups is 1. The van der Waals surface area contributed by atoms with Crippen LogP contribution < -0.4 is 5.32 Å². The third kappa shape index (κ3) is 3.65. The van der Waals surface area contributed by atoms with Gasteiger partial charge in [0.15, 0.2) is 5.70 Å².